The zero-order valence-corrected chi connectivity index (χ0v) is 86.7. The Morgan fingerprint density at radius 3 is 0.271 bits per heavy atom. The highest BCUT2D eigenvalue weighted by molar-refractivity contribution is 5.69. The molecule has 0 saturated heterocycles. The van der Waals surface area contributed by atoms with Gasteiger partial charge in [-0.05, 0) is 70.1 Å². The highest BCUT2D eigenvalue weighted by Crippen LogP contribution is 2.21. The van der Waals surface area contributed by atoms with E-state index in [9.17, 15) is 47.9 Å². The van der Waals surface area contributed by atoms with Gasteiger partial charge in [-0.2, -0.15) is 0 Å². The third-order valence-corrected chi connectivity index (χ3v) is 22.3. The van der Waals surface area contributed by atoms with Crippen LogP contribution in [0.4, 0.5) is 0 Å². The summed E-state index contributed by atoms with van der Waals surface area (Å²) in [6, 6.07) is 0. The van der Waals surface area contributed by atoms with Crippen molar-refractivity contribution in [1.29, 1.82) is 0 Å². The minimum Gasteiger partial charge on any atom is -0.481 e. The summed E-state index contributed by atoms with van der Waals surface area (Å²) in [6.45, 7) is 24.5. The van der Waals surface area contributed by atoms with Crippen LogP contribution in [0.5, 0.6) is 0 Å². The van der Waals surface area contributed by atoms with E-state index in [1.165, 1.54) is 366 Å². The van der Waals surface area contributed by atoms with E-state index in [0.29, 0.717) is 64.2 Å². The van der Waals surface area contributed by atoms with Gasteiger partial charge in [0.05, 0.1) is 0 Å². The third-order valence-electron chi connectivity index (χ3n) is 22.3. The first-order valence-electron chi connectivity index (χ1n) is 54.3. The maximum atomic E-state index is 10.4. The number of unbranched alkanes of at least 4 members (excludes halogenated alkanes) is 64. The summed E-state index contributed by atoms with van der Waals surface area (Å²) in [7, 11) is 0. The maximum absolute atomic E-state index is 10.4. The maximum Gasteiger partial charge on any atom is 0.303 e. The molecule has 0 bridgehead atoms. The van der Waals surface area contributed by atoms with Gasteiger partial charge in [0.1, 0.15) is 0 Å². The van der Waals surface area contributed by atoms with Crippen molar-refractivity contribution in [2.24, 2.45) is 5.92 Å². The fourth-order valence-electron chi connectivity index (χ4n) is 14.0. The molecule has 0 heterocycles. The molecule has 0 aliphatic carbocycles. The SMILES string of the molecule is CCCCCCCCC(C)CCCCCCCCC(=O)O.CCCCCCCCCC(=O)O.CCCCCCCCCC(=O)O.CCCCCCCCCC(=O)O.CCCCCCCCCC(=O)O.CCCCCCCCCC(=O)O.CCCCCCCCCC(=O)O.CCCCCCCCCC(=O)O.CCCCCCCCCC(=O)O.CCCCCCCCCC(=O)O. The summed E-state index contributed by atoms with van der Waals surface area (Å²) in [6.07, 6.45) is 96.5. The normalized spacial score (nSPS) is 10.5. The molecule has 0 amide bonds. The van der Waals surface area contributed by atoms with Crippen LogP contribution in [0.2, 0.25) is 0 Å². The van der Waals surface area contributed by atoms with Crippen molar-refractivity contribution in [3.05, 3.63) is 0 Å². The molecule has 20 nitrogen and oxygen atoms in total. The molecule has 0 aliphatic heterocycles. The van der Waals surface area contributed by atoms with Gasteiger partial charge in [0.15, 0.2) is 0 Å². The van der Waals surface area contributed by atoms with E-state index in [1.807, 2.05) is 0 Å². The number of hydrogen-bond acceptors (Lipinski definition) is 10. The Morgan fingerprint density at radius 2 is 0.194 bits per heavy atom. The van der Waals surface area contributed by atoms with E-state index in [0.717, 1.165) is 134 Å². The Balaban J connectivity index is -0.000000153. The molecular weight excluding hydrogens is 1630 g/mol. The van der Waals surface area contributed by atoms with Crippen LogP contribution in [-0.4, -0.2) is 111 Å². The van der Waals surface area contributed by atoms with Crippen LogP contribution in [-0.2, 0) is 47.9 Å². The van der Waals surface area contributed by atoms with Gasteiger partial charge >= 0.3 is 59.7 Å². The molecule has 20 heteroatoms. The lowest BCUT2D eigenvalue weighted by Crippen LogP contribution is -1.95. The second-order valence-corrected chi connectivity index (χ2v) is 36.1. The van der Waals surface area contributed by atoms with Crippen LogP contribution in [0, 0.1) is 5.92 Å². The van der Waals surface area contributed by atoms with E-state index in [1.54, 1.807) is 0 Å². The van der Waals surface area contributed by atoms with Crippen molar-refractivity contribution in [2.75, 3.05) is 0 Å². The van der Waals surface area contributed by atoms with E-state index in [-0.39, 0.29) is 0 Å². The second-order valence-electron chi connectivity index (χ2n) is 36.1. The van der Waals surface area contributed by atoms with Gasteiger partial charge < -0.3 is 51.1 Å². The summed E-state index contributed by atoms with van der Waals surface area (Å²) in [5.74, 6) is -5.73. The molecular formula is C109H218O20. The number of rotatable bonds is 88. The lowest BCUT2D eigenvalue weighted by molar-refractivity contribution is -0.138. The quantitative estimate of drug-likeness (QED) is 0.0253. The van der Waals surface area contributed by atoms with Crippen molar-refractivity contribution in [3.63, 3.8) is 0 Å². The number of hydrogen-bond donors (Lipinski definition) is 10. The molecule has 774 valence electrons. The zero-order chi connectivity index (χ0) is 98.9. The average Bonchev–Trinajstić information content (AvgIpc) is 0.961. The Labute approximate surface area is 795 Å². The van der Waals surface area contributed by atoms with Crippen LogP contribution in [0.25, 0.3) is 0 Å². The summed E-state index contributed by atoms with van der Waals surface area (Å²) >= 11 is 0. The molecule has 0 aromatic carbocycles. The van der Waals surface area contributed by atoms with Crippen molar-refractivity contribution in [1.82, 2.24) is 0 Å². The minimum absolute atomic E-state index is 0.341. The first-order chi connectivity index (χ1) is 62.1. The second kappa shape index (κ2) is 138. The van der Waals surface area contributed by atoms with Crippen LogP contribution in [0.15, 0.2) is 0 Å². The summed E-state index contributed by atoms with van der Waals surface area (Å²) < 4.78 is 0. The van der Waals surface area contributed by atoms with Crippen molar-refractivity contribution in [2.45, 2.75) is 635 Å². The number of carboxylic acids is 10. The lowest BCUT2D eigenvalue weighted by Gasteiger charge is -2.11. The van der Waals surface area contributed by atoms with Gasteiger partial charge in [-0.1, -0.05) is 506 Å². The predicted octanol–water partition coefficient (Wildman–Crippen LogP) is 35.5. The molecule has 0 aliphatic rings. The van der Waals surface area contributed by atoms with Crippen LogP contribution in [0.1, 0.15) is 635 Å². The van der Waals surface area contributed by atoms with Crippen molar-refractivity contribution < 1.29 is 99.0 Å². The topological polar surface area (TPSA) is 373 Å². The number of aliphatic carboxylic acids is 10. The van der Waals surface area contributed by atoms with Crippen molar-refractivity contribution in [3.8, 4) is 0 Å². The molecule has 0 saturated carbocycles. The molecule has 0 radical (unpaired) electrons. The van der Waals surface area contributed by atoms with E-state index < -0.39 is 59.7 Å². The summed E-state index contributed by atoms with van der Waals surface area (Å²) in [5, 5.41) is 83.7. The van der Waals surface area contributed by atoms with Gasteiger partial charge in [-0.15, -0.1) is 0 Å². The molecule has 129 heavy (non-hydrogen) atoms. The molecule has 0 spiro atoms. The first-order valence-corrected chi connectivity index (χ1v) is 54.3. The predicted molar refractivity (Wildman–Crippen MR) is 544 cm³/mol. The molecule has 0 fully saturated rings. The Morgan fingerprint density at radius 1 is 0.124 bits per heavy atom. The highest BCUT2D eigenvalue weighted by Gasteiger charge is 2.07. The lowest BCUT2D eigenvalue weighted by atomic mass is 9.96. The largest absolute Gasteiger partial charge is 0.481 e. The average molecular weight is 1850 g/mol. The fraction of sp³-hybridized carbons (Fsp3) is 0.908. The highest BCUT2D eigenvalue weighted by atomic mass is 16.4. The molecule has 1 atom stereocenters. The van der Waals surface area contributed by atoms with E-state index >= 15 is 0 Å². The Kier molecular flexibility index (Phi) is 154. The van der Waals surface area contributed by atoms with E-state index in [2.05, 4.69) is 76.2 Å². The summed E-state index contributed by atoms with van der Waals surface area (Å²) in [5.41, 5.74) is 0. The van der Waals surface area contributed by atoms with Gasteiger partial charge in [0.2, 0.25) is 0 Å². The molecule has 0 rings (SSSR count). The minimum atomic E-state index is -0.663. The number of carboxylic acid groups (broad SMARTS) is 10. The molecule has 0 aromatic heterocycles. The third kappa shape index (κ3) is 199. The van der Waals surface area contributed by atoms with Gasteiger partial charge in [-0.3, -0.25) is 47.9 Å². The van der Waals surface area contributed by atoms with Gasteiger partial charge in [0, 0.05) is 64.2 Å². The monoisotopic (exact) mass is 1850 g/mol. The first kappa shape index (κ1) is 144. The zero-order valence-electron chi connectivity index (χ0n) is 86.7. The van der Waals surface area contributed by atoms with Gasteiger partial charge in [0.25, 0.3) is 0 Å². The van der Waals surface area contributed by atoms with Crippen LogP contribution >= 0.6 is 0 Å². The Hall–Kier alpha value is -5.30. The smallest absolute Gasteiger partial charge is 0.303 e. The molecule has 0 aromatic rings. The fourth-order valence-corrected chi connectivity index (χ4v) is 14.0. The van der Waals surface area contributed by atoms with Crippen LogP contribution < -0.4 is 0 Å². The standard InChI is InChI=1S/C19H38O2.9C10H20O2/c1-3-4-5-6-9-12-15-18(2)16-13-10-7-8-11-14-17-19(20)21;9*1-2-3-4-5-6-7-8-9-10(11)12/h18H,3-17H2,1-2H3,(H,20,21);9*2-9H2,1H3,(H,11,12). The van der Waals surface area contributed by atoms with E-state index in [4.69, 9.17) is 51.1 Å². The van der Waals surface area contributed by atoms with Crippen molar-refractivity contribution >= 4 is 59.7 Å². The Bertz CT molecular complexity index is 1810. The van der Waals surface area contributed by atoms with Crippen LogP contribution in [0.3, 0.4) is 0 Å². The van der Waals surface area contributed by atoms with Gasteiger partial charge in [-0.25, -0.2) is 0 Å². The number of carbonyl (C=O) groups is 10. The molecule has 1 unspecified atom stereocenters. The molecule has 10 N–H and O–H groups in total. The summed E-state index contributed by atoms with van der Waals surface area (Å²) in [4.78, 5) is 102.